The van der Waals surface area contributed by atoms with Gasteiger partial charge in [-0.2, -0.15) is 0 Å². The first-order valence-corrected chi connectivity index (χ1v) is 19.4. The molecule has 2 fully saturated rings. The molecule has 2 amide bonds. The van der Waals surface area contributed by atoms with Crippen molar-refractivity contribution in [3.8, 4) is 0 Å². The third kappa shape index (κ3) is 8.22. The average Bonchev–Trinajstić information content (AvgIpc) is 3.85. The van der Waals surface area contributed by atoms with Crippen LogP contribution in [-0.4, -0.2) is 133 Å². The van der Waals surface area contributed by atoms with Crippen LogP contribution in [0, 0.1) is 0 Å². The van der Waals surface area contributed by atoms with Gasteiger partial charge in [-0.05, 0) is 59.0 Å². The summed E-state index contributed by atoms with van der Waals surface area (Å²) < 4.78 is 11.2. The summed E-state index contributed by atoms with van der Waals surface area (Å²) in [6, 6.07) is 28.5. The number of nitrogens with zero attached hydrogens (tertiary/aromatic N) is 4. The van der Waals surface area contributed by atoms with Gasteiger partial charge in [0.15, 0.2) is 0 Å². The predicted molar refractivity (Wildman–Crippen MR) is 214 cm³/mol. The van der Waals surface area contributed by atoms with Crippen molar-refractivity contribution in [1.82, 2.24) is 29.6 Å². The molecule has 280 valence electrons. The molecule has 10 heteroatoms. The lowest BCUT2D eigenvalue weighted by Gasteiger charge is -2.32. The molecular formula is C44H50N6O4. The van der Waals surface area contributed by atoms with E-state index in [1.807, 2.05) is 58.3 Å². The van der Waals surface area contributed by atoms with Crippen LogP contribution in [0.2, 0.25) is 0 Å². The molecule has 0 unspecified atom stereocenters. The number of amides is 2. The molecule has 54 heavy (non-hydrogen) atoms. The highest BCUT2D eigenvalue weighted by molar-refractivity contribution is 6.10. The molecule has 6 aromatic rings. The summed E-state index contributed by atoms with van der Waals surface area (Å²) >= 11 is 0. The molecule has 2 saturated heterocycles. The maximum atomic E-state index is 15.0. The van der Waals surface area contributed by atoms with Gasteiger partial charge in [0.1, 0.15) is 0 Å². The number of ether oxygens (including phenoxy) is 2. The predicted octanol–water partition coefficient (Wildman–Crippen LogP) is 5.84. The molecule has 0 bridgehead atoms. The number of fused-ring (bicyclic) bond motifs is 3. The van der Waals surface area contributed by atoms with Gasteiger partial charge in [0.25, 0.3) is 11.8 Å². The van der Waals surface area contributed by atoms with Crippen LogP contribution in [0.3, 0.4) is 0 Å². The topological polar surface area (TPSA) is 97.1 Å². The highest BCUT2D eigenvalue weighted by atomic mass is 16.5. The number of para-hydroxylation sites is 2. The highest BCUT2D eigenvalue weighted by Gasteiger charge is 2.28. The van der Waals surface area contributed by atoms with Crippen LogP contribution >= 0.6 is 0 Å². The van der Waals surface area contributed by atoms with Crippen molar-refractivity contribution in [1.29, 1.82) is 0 Å². The van der Waals surface area contributed by atoms with E-state index in [2.05, 4.69) is 68.6 Å². The molecule has 0 atom stereocenters. The van der Waals surface area contributed by atoms with Gasteiger partial charge in [-0.25, -0.2) is 0 Å². The first-order valence-electron chi connectivity index (χ1n) is 19.4. The maximum Gasteiger partial charge on any atom is 0.254 e. The van der Waals surface area contributed by atoms with E-state index in [9.17, 15) is 0 Å². The Bertz CT molecular complexity index is 2040. The van der Waals surface area contributed by atoms with E-state index in [1.165, 1.54) is 21.9 Å². The lowest BCUT2D eigenvalue weighted by atomic mass is 9.98. The minimum atomic E-state index is -0.109. The SMILES string of the molecule is O=C(c1cc2ccccc2cc1C(=O)N(CCc1c[nH]c2ccccc12)CCN1CCOCC1)N(CCc1c[nH]c2ccccc12)CCN1CCOCC1. The summed E-state index contributed by atoms with van der Waals surface area (Å²) in [5.41, 5.74) is 5.45. The molecule has 0 radical (unpaired) electrons. The van der Waals surface area contributed by atoms with Crippen molar-refractivity contribution in [2.45, 2.75) is 12.8 Å². The first kappa shape index (κ1) is 36.0. The number of morpholine rings is 2. The van der Waals surface area contributed by atoms with E-state index in [0.717, 1.165) is 61.1 Å². The third-order valence-electron chi connectivity index (χ3n) is 11.2. The van der Waals surface area contributed by atoms with Crippen LogP contribution in [0.25, 0.3) is 32.6 Å². The van der Waals surface area contributed by atoms with Gasteiger partial charge in [0, 0.05) is 99.6 Å². The number of hydrogen-bond donors (Lipinski definition) is 2. The highest BCUT2D eigenvalue weighted by Crippen LogP contribution is 2.26. The van der Waals surface area contributed by atoms with Crippen molar-refractivity contribution >= 4 is 44.4 Å². The fourth-order valence-corrected chi connectivity index (χ4v) is 7.93. The van der Waals surface area contributed by atoms with Gasteiger partial charge >= 0.3 is 0 Å². The Kier molecular flexibility index (Phi) is 11.3. The zero-order chi connectivity index (χ0) is 36.7. The number of rotatable bonds is 14. The summed E-state index contributed by atoms with van der Waals surface area (Å²) in [6.45, 7) is 9.86. The first-order chi connectivity index (χ1) is 26.6. The van der Waals surface area contributed by atoms with E-state index in [4.69, 9.17) is 9.47 Å². The summed E-state index contributed by atoms with van der Waals surface area (Å²) in [7, 11) is 0. The van der Waals surface area contributed by atoms with Crippen LogP contribution in [0.1, 0.15) is 31.8 Å². The Labute approximate surface area is 316 Å². The lowest BCUT2D eigenvalue weighted by Crippen LogP contribution is -2.45. The number of H-pyrrole nitrogens is 2. The maximum absolute atomic E-state index is 15.0. The molecule has 4 aromatic carbocycles. The van der Waals surface area contributed by atoms with E-state index in [1.54, 1.807) is 0 Å². The lowest BCUT2D eigenvalue weighted by molar-refractivity contribution is 0.0319. The van der Waals surface area contributed by atoms with Gasteiger partial charge in [-0.15, -0.1) is 0 Å². The van der Waals surface area contributed by atoms with Gasteiger partial charge < -0.3 is 29.2 Å². The third-order valence-corrected chi connectivity index (χ3v) is 11.2. The Morgan fingerprint density at radius 2 is 0.963 bits per heavy atom. The van der Waals surface area contributed by atoms with Gasteiger partial charge in [0.2, 0.25) is 0 Å². The smallest absolute Gasteiger partial charge is 0.254 e. The molecule has 2 aliphatic heterocycles. The molecular weight excluding hydrogens is 677 g/mol. The van der Waals surface area contributed by atoms with Crippen molar-refractivity contribution in [2.75, 3.05) is 91.9 Å². The molecule has 2 aromatic heterocycles. The number of carbonyl (C=O) groups is 2. The van der Waals surface area contributed by atoms with E-state index >= 15 is 9.59 Å². The van der Waals surface area contributed by atoms with E-state index in [0.29, 0.717) is 76.6 Å². The standard InChI is InChI=1S/C44H50N6O4/c51-43(49(19-17-47-21-25-53-26-22-47)15-13-35-31-45-41-11-5-3-9-37(35)41)39-29-33-7-1-2-8-34(33)30-40(39)44(52)50(20-18-48-23-27-54-28-24-48)16-14-36-32-46-42-12-6-4-10-38(36)42/h1-12,29-32,45-46H,13-28H2. The molecule has 0 spiro atoms. The molecule has 4 heterocycles. The second-order valence-corrected chi connectivity index (χ2v) is 14.5. The molecule has 8 rings (SSSR count). The average molecular weight is 727 g/mol. The Morgan fingerprint density at radius 3 is 1.41 bits per heavy atom. The second-order valence-electron chi connectivity index (χ2n) is 14.5. The van der Waals surface area contributed by atoms with Crippen LogP contribution < -0.4 is 0 Å². The number of aromatic amines is 2. The van der Waals surface area contributed by atoms with Crippen LogP contribution in [0.4, 0.5) is 0 Å². The monoisotopic (exact) mass is 726 g/mol. The molecule has 0 saturated carbocycles. The zero-order valence-electron chi connectivity index (χ0n) is 31.0. The van der Waals surface area contributed by atoms with E-state index in [-0.39, 0.29) is 11.8 Å². The van der Waals surface area contributed by atoms with Crippen LogP contribution in [0.5, 0.6) is 0 Å². The Morgan fingerprint density at radius 1 is 0.556 bits per heavy atom. The minimum Gasteiger partial charge on any atom is -0.379 e. The number of nitrogens with one attached hydrogen (secondary N) is 2. The number of carbonyl (C=O) groups excluding carboxylic acids is 2. The largest absolute Gasteiger partial charge is 0.379 e. The fraction of sp³-hybridized carbons (Fsp3) is 0.364. The second kappa shape index (κ2) is 17.0. The summed E-state index contributed by atoms with van der Waals surface area (Å²) in [4.78, 5) is 45.4. The number of aromatic nitrogens is 2. The van der Waals surface area contributed by atoms with Crippen LogP contribution in [-0.2, 0) is 22.3 Å². The quantitative estimate of drug-likeness (QED) is 0.147. The van der Waals surface area contributed by atoms with Crippen molar-refractivity contribution < 1.29 is 19.1 Å². The van der Waals surface area contributed by atoms with Gasteiger partial charge in [-0.1, -0.05) is 60.7 Å². The molecule has 2 aliphatic rings. The number of benzene rings is 4. The van der Waals surface area contributed by atoms with E-state index < -0.39 is 0 Å². The van der Waals surface area contributed by atoms with Crippen LogP contribution in [0.15, 0.2) is 97.3 Å². The summed E-state index contributed by atoms with van der Waals surface area (Å²) in [6.07, 6.45) is 5.51. The molecule has 10 nitrogen and oxygen atoms in total. The summed E-state index contributed by atoms with van der Waals surface area (Å²) in [5.74, 6) is -0.219. The Hall–Kier alpha value is -5.00. The normalized spacial score (nSPS) is 15.6. The molecule has 2 N–H and O–H groups in total. The zero-order valence-corrected chi connectivity index (χ0v) is 31.0. The van der Waals surface area contributed by atoms with Gasteiger partial charge in [-0.3, -0.25) is 19.4 Å². The van der Waals surface area contributed by atoms with Crippen molar-refractivity contribution in [3.63, 3.8) is 0 Å². The fourth-order valence-electron chi connectivity index (χ4n) is 7.93. The number of hydrogen-bond acceptors (Lipinski definition) is 6. The summed E-state index contributed by atoms with van der Waals surface area (Å²) in [5, 5.41) is 4.23. The van der Waals surface area contributed by atoms with Crippen molar-refractivity contribution in [2.24, 2.45) is 0 Å². The van der Waals surface area contributed by atoms with Gasteiger partial charge in [0.05, 0.1) is 37.6 Å². The minimum absolute atomic E-state index is 0.109. The van der Waals surface area contributed by atoms with Crippen molar-refractivity contribution in [3.05, 3.63) is 120 Å². The molecule has 0 aliphatic carbocycles. The Balaban J connectivity index is 1.11.